The van der Waals surface area contributed by atoms with E-state index in [-0.39, 0.29) is 19.2 Å². The molecule has 8 heteroatoms. The molecule has 0 bridgehead atoms. The molecule has 1 N–H and O–H groups in total. The summed E-state index contributed by atoms with van der Waals surface area (Å²) < 4.78 is 15.8. The number of ether oxygens (including phenoxy) is 2. The lowest BCUT2D eigenvalue weighted by Crippen LogP contribution is -2.23. The molecule has 1 amide bonds. The lowest BCUT2D eigenvalue weighted by atomic mass is 10.1. The van der Waals surface area contributed by atoms with Gasteiger partial charge in [-0.25, -0.2) is 0 Å². The Morgan fingerprint density at radius 2 is 2.16 bits per heavy atom. The van der Waals surface area contributed by atoms with Gasteiger partial charge >= 0.3 is 0 Å². The van der Waals surface area contributed by atoms with Crippen LogP contribution in [0.5, 0.6) is 11.5 Å². The lowest BCUT2D eigenvalue weighted by molar-refractivity contribution is -0.121. The summed E-state index contributed by atoms with van der Waals surface area (Å²) >= 11 is 1.54. The molecular weight excluding hydrogens is 342 g/mol. The molecule has 1 aliphatic heterocycles. The Morgan fingerprint density at radius 3 is 3.04 bits per heavy atom. The van der Waals surface area contributed by atoms with E-state index in [0.717, 1.165) is 21.9 Å². The average Bonchev–Trinajstić information content (AvgIpc) is 3.38. The first-order valence-electron chi connectivity index (χ1n) is 7.79. The number of carbonyl (C=O) groups excluding carboxylic acids is 1. The van der Waals surface area contributed by atoms with Gasteiger partial charge in [0.05, 0.1) is 11.4 Å². The maximum atomic E-state index is 12.0. The van der Waals surface area contributed by atoms with E-state index in [0.29, 0.717) is 24.6 Å². The molecule has 3 aromatic rings. The molecule has 0 saturated heterocycles. The van der Waals surface area contributed by atoms with E-state index in [9.17, 15) is 4.79 Å². The molecule has 1 aromatic carbocycles. The zero-order chi connectivity index (χ0) is 17.1. The predicted molar refractivity (Wildman–Crippen MR) is 90.3 cm³/mol. The summed E-state index contributed by atoms with van der Waals surface area (Å²) in [6.07, 6.45) is 0.984. The zero-order valence-corrected chi connectivity index (χ0v) is 14.0. The monoisotopic (exact) mass is 357 g/mol. The van der Waals surface area contributed by atoms with Gasteiger partial charge < -0.3 is 19.3 Å². The van der Waals surface area contributed by atoms with Crippen LogP contribution >= 0.6 is 11.3 Å². The number of amides is 1. The summed E-state index contributed by atoms with van der Waals surface area (Å²) in [6.45, 7) is 0.468. The molecular formula is C17H15N3O4S. The van der Waals surface area contributed by atoms with Crippen molar-refractivity contribution in [1.82, 2.24) is 15.5 Å². The number of hydrogen-bond donors (Lipinski definition) is 1. The maximum absolute atomic E-state index is 12.0. The first-order valence-corrected chi connectivity index (χ1v) is 8.67. The van der Waals surface area contributed by atoms with Crippen LogP contribution in [0.1, 0.15) is 17.9 Å². The molecule has 3 heterocycles. The Balaban J connectivity index is 1.27. The van der Waals surface area contributed by atoms with Crippen molar-refractivity contribution < 1.29 is 18.8 Å². The van der Waals surface area contributed by atoms with Gasteiger partial charge in [-0.1, -0.05) is 17.3 Å². The number of fused-ring (bicyclic) bond motifs is 1. The third-order valence-corrected chi connectivity index (χ3v) is 4.59. The second-order valence-electron chi connectivity index (χ2n) is 5.45. The molecule has 25 heavy (non-hydrogen) atoms. The molecule has 1 aliphatic rings. The summed E-state index contributed by atoms with van der Waals surface area (Å²) in [5.74, 6) is 2.32. The second kappa shape index (κ2) is 6.94. The van der Waals surface area contributed by atoms with Gasteiger partial charge in [-0.2, -0.15) is 4.98 Å². The predicted octanol–water partition coefficient (Wildman–Crippen LogP) is 2.78. The maximum Gasteiger partial charge on any atom is 0.246 e. The van der Waals surface area contributed by atoms with Gasteiger partial charge in [0.2, 0.25) is 24.4 Å². The third kappa shape index (κ3) is 3.63. The van der Waals surface area contributed by atoms with E-state index in [2.05, 4.69) is 15.5 Å². The molecule has 128 valence electrons. The van der Waals surface area contributed by atoms with Gasteiger partial charge in [0.1, 0.15) is 0 Å². The van der Waals surface area contributed by atoms with Crippen molar-refractivity contribution >= 4 is 17.2 Å². The molecule has 0 fully saturated rings. The topological polar surface area (TPSA) is 86.5 Å². The highest BCUT2D eigenvalue weighted by molar-refractivity contribution is 7.13. The minimum absolute atomic E-state index is 0.0754. The number of hydrogen-bond acceptors (Lipinski definition) is 7. The summed E-state index contributed by atoms with van der Waals surface area (Å²) in [5.41, 5.74) is 1.03. The van der Waals surface area contributed by atoms with Crippen molar-refractivity contribution in [3.63, 3.8) is 0 Å². The smallest absolute Gasteiger partial charge is 0.246 e. The number of carbonyl (C=O) groups is 1. The van der Waals surface area contributed by atoms with Gasteiger partial charge in [0.25, 0.3) is 0 Å². The number of rotatable bonds is 6. The number of nitrogens with zero attached hydrogens (tertiary/aromatic N) is 2. The van der Waals surface area contributed by atoms with Crippen molar-refractivity contribution in [2.45, 2.75) is 19.4 Å². The fraction of sp³-hybridized carbons (Fsp3) is 0.235. The fourth-order valence-electron chi connectivity index (χ4n) is 2.45. The van der Waals surface area contributed by atoms with Crippen LogP contribution in [0.2, 0.25) is 0 Å². The van der Waals surface area contributed by atoms with E-state index >= 15 is 0 Å². The van der Waals surface area contributed by atoms with E-state index in [4.69, 9.17) is 14.0 Å². The quantitative estimate of drug-likeness (QED) is 0.730. The number of benzene rings is 1. The van der Waals surface area contributed by atoms with Gasteiger partial charge in [0.15, 0.2) is 11.5 Å². The standard InChI is InChI=1S/C17H15N3O4S/c21-15(6-4-11-3-5-12-13(8-11)23-10-22-12)18-9-16-19-17(20-24-16)14-2-1-7-25-14/h1-3,5,7-8H,4,6,9-10H2,(H,18,21). The van der Waals surface area contributed by atoms with Crippen molar-refractivity contribution in [2.24, 2.45) is 0 Å². The molecule has 7 nitrogen and oxygen atoms in total. The Morgan fingerprint density at radius 1 is 1.24 bits per heavy atom. The highest BCUT2D eigenvalue weighted by Gasteiger charge is 2.14. The Labute approximate surface area is 147 Å². The van der Waals surface area contributed by atoms with Crippen molar-refractivity contribution in [2.75, 3.05) is 6.79 Å². The van der Waals surface area contributed by atoms with E-state index in [1.54, 1.807) is 0 Å². The normalized spacial score (nSPS) is 12.3. The third-order valence-electron chi connectivity index (χ3n) is 3.72. The summed E-state index contributed by atoms with van der Waals surface area (Å²) in [7, 11) is 0. The van der Waals surface area contributed by atoms with E-state index in [1.165, 1.54) is 11.3 Å². The van der Waals surface area contributed by atoms with Crippen molar-refractivity contribution in [1.29, 1.82) is 0 Å². The summed E-state index contributed by atoms with van der Waals surface area (Å²) in [5, 5.41) is 8.65. The Kier molecular flexibility index (Phi) is 4.34. The molecule has 2 aromatic heterocycles. The molecule has 0 atom stereocenters. The molecule has 0 aliphatic carbocycles. The van der Waals surface area contributed by atoms with Crippen LogP contribution in [0, 0.1) is 0 Å². The van der Waals surface area contributed by atoms with Crippen LogP contribution in [0.25, 0.3) is 10.7 Å². The van der Waals surface area contributed by atoms with Crippen LogP contribution in [0.3, 0.4) is 0 Å². The number of aromatic nitrogens is 2. The minimum atomic E-state index is -0.0754. The van der Waals surface area contributed by atoms with Crippen molar-refractivity contribution in [3.05, 3.63) is 47.2 Å². The lowest BCUT2D eigenvalue weighted by Gasteiger charge is -2.04. The van der Waals surface area contributed by atoms with Crippen molar-refractivity contribution in [3.8, 4) is 22.2 Å². The van der Waals surface area contributed by atoms with Crippen LogP contribution in [-0.4, -0.2) is 22.8 Å². The molecule has 4 rings (SSSR count). The van der Waals surface area contributed by atoms with Gasteiger partial charge in [-0.15, -0.1) is 11.3 Å². The first-order chi connectivity index (χ1) is 12.3. The number of thiophene rings is 1. The van der Waals surface area contributed by atoms with Crippen LogP contribution in [0.15, 0.2) is 40.2 Å². The molecule has 0 saturated carbocycles. The molecule has 0 radical (unpaired) electrons. The first kappa shape index (κ1) is 15.6. The molecule has 0 unspecified atom stereocenters. The average molecular weight is 357 g/mol. The largest absolute Gasteiger partial charge is 0.454 e. The number of aryl methyl sites for hydroxylation is 1. The van der Waals surface area contributed by atoms with Gasteiger partial charge in [-0.3, -0.25) is 4.79 Å². The van der Waals surface area contributed by atoms with E-state index in [1.807, 2.05) is 35.7 Å². The van der Waals surface area contributed by atoms with Gasteiger partial charge in [-0.05, 0) is 35.6 Å². The SMILES string of the molecule is O=C(CCc1ccc2c(c1)OCO2)NCc1nc(-c2cccs2)no1. The highest BCUT2D eigenvalue weighted by Crippen LogP contribution is 2.32. The zero-order valence-electron chi connectivity index (χ0n) is 13.2. The van der Waals surface area contributed by atoms with Crippen LogP contribution in [0.4, 0.5) is 0 Å². The minimum Gasteiger partial charge on any atom is -0.454 e. The summed E-state index contributed by atoms with van der Waals surface area (Å²) in [6, 6.07) is 9.55. The van der Waals surface area contributed by atoms with Gasteiger partial charge in [0, 0.05) is 6.42 Å². The van der Waals surface area contributed by atoms with E-state index < -0.39 is 0 Å². The Bertz CT molecular complexity index is 876. The molecule has 0 spiro atoms. The highest BCUT2D eigenvalue weighted by atomic mass is 32.1. The Hall–Kier alpha value is -2.87. The fourth-order valence-corrected chi connectivity index (χ4v) is 3.10. The van der Waals surface area contributed by atoms with Crippen LogP contribution < -0.4 is 14.8 Å². The second-order valence-corrected chi connectivity index (χ2v) is 6.40. The van der Waals surface area contributed by atoms with Crippen LogP contribution in [-0.2, 0) is 17.8 Å². The number of nitrogens with one attached hydrogen (secondary N) is 1. The summed E-state index contributed by atoms with van der Waals surface area (Å²) in [4.78, 5) is 17.2.